The average molecular weight is 260 g/mol. The molecule has 1 aromatic carbocycles. The maximum absolute atomic E-state index is 5.65. The van der Waals surface area contributed by atoms with Crippen molar-refractivity contribution in [2.75, 3.05) is 4.43 Å². The summed E-state index contributed by atoms with van der Waals surface area (Å²) in [5.74, 6) is 1.08. The second-order valence-corrected chi connectivity index (χ2v) is 3.59. The number of para-hydroxylation sites is 1. The van der Waals surface area contributed by atoms with Gasteiger partial charge in [0, 0.05) is 10.8 Å². The number of rotatable bonds is 1. The van der Waals surface area contributed by atoms with E-state index in [2.05, 4.69) is 34.7 Å². The van der Waals surface area contributed by atoms with Crippen molar-refractivity contribution in [3.05, 3.63) is 29.8 Å². The molecular weight excluding hydrogens is 251 g/mol. The zero-order valence-corrected chi connectivity index (χ0v) is 8.24. The highest BCUT2D eigenvalue weighted by molar-refractivity contribution is 14.1. The topological polar surface area (TPSA) is 9.23 Å². The third kappa shape index (κ3) is 1.36. The first-order valence-electron chi connectivity index (χ1n) is 3.70. The van der Waals surface area contributed by atoms with Gasteiger partial charge in [0.25, 0.3) is 0 Å². The van der Waals surface area contributed by atoms with Gasteiger partial charge in [-0.1, -0.05) is 40.8 Å². The molecule has 0 saturated heterocycles. The van der Waals surface area contributed by atoms with Gasteiger partial charge in [0.05, 0.1) is 0 Å². The van der Waals surface area contributed by atoms with Gasteiger partial charge in [0.2, 0.25) is 0 Å². The van der Waals surface area contributed by atoms with E-state index in [1.54, 1.807) is 0 Å². The van der Waals surface area contributed by atoms with Crippen LogP contribution < -0.4 is 4.74 Å². The second-order valence-electron chi connectivity index (χ2n) is 2.71. The van der Waals surface area contributed by atoms with Crippen LogP contribution in [0.25, 0.3) is 0 Å². The van der Waals surface area contributed by atoms with Crippen molar-refractivity contribution < 1.29 is 4.74 Å². The number of ether oxygens (including phenoxy) is 1. The number of hydrogen-bond donors (Lipinski definition) is 0. The zero-order chi connectivity index (χ0) is 7.68. The van der Waals surface area contributed by atoms with Gasteiger partial charge in [-0.25, -0.2) is 0 Å². The maximum atomic E-state index is 5.65. The van der Waals surface area contributed by atoms with Gasteiger partial charge in [-0.3, -0.25) is 0 Å². The molecule has 1 aliphatic rings. The molecule has 1 atom stereocenters. The van der Waals surface area contributed by atoms with Gasteiger partial charge in [0.1, 0.15) is 11.9 Å². The summed E-state index contributed by atoms with van der Waals surface area (Å²) < 4.78 is 6.72. The number of fused-ring (bicyclic) bond motifs is 1. The first kappa shape index (κ1) is 7.40. The molecular formula is C9H9IO. The van der Waals surface area contributed by atoms with E-state index in [1.807, 2.05) is 12.1 Å². The minimum absolute atomic E-state index is 0.410. The lowest BCUT2D eigenvalue weighted by molar-refractivity contribution is 0.262. The van der Waals surface area contributed by atoms with Gasteiger partial charge in [-0.2, -0.15) is 0 Å². The fourth-order valence-electron chi connectivity index (χ4n) is 1.34. The Hall–Kier alpha value is -0.250. The van der Waals surface area contributed by atoms with E-state index in [-0.39, 0.29) is 0 Å². The van der Waals surface area contributed by atoms with E-state index >= 15 is 0 Å². The molecule has 11 heavy (non-hydrogen) atoms. The van der Waals surface area contributed by atoms with Crippen LogP contribution in [-0.4, -0.2) is 10.5 Å². The van der Waals surface area contributed by atoms with Crippen molar-refractivity contribution in [3.8, 4) is 5.75 Å². The van der Waals surface area contributed by atoms with E-state index < -0.39 is 0 Å². The Morgan fingerprint density at radius 2 is 2.27 bits per heavy atom. The maximum Gasteiger partial charge on any atom is 0.123 e. The summed E-state index contributed by atoms with van der Waals surface area (Å²) >= 11 is 2.36. The van der Waals surface area contributed by atoms with Crippen LogP contribution in [0.2, 0.25) is 0 Å². The molecule has 0 aromatic heterocycles. The highest BCUT2D eigenvalue weighted by atomic mass is 127. The molecule has 0 saturated carbocycles. The van der Waals surface area contributed by atoms with Crippen LogP contribution in [0.1, 0.15) is 5.56 Å². The van der Waals surface area contributed by atoms with Crippen LogP contribution in [0.5, 0.6) is 5.75 Å². The Bertz CT molecular complexity index is 234. The predicted molar refractivity (Wildman–Crippen MR) is 53.4 cm³/mol. The predicted octanol–water partition coefficient (Wildman–Crippen LogP) is 2.43. The Morgan fingerprint density at radius 3 is 3.00 bits per heavy atom. The van der Waals surface area contributed by atoms with Gasteiger partial charge < -0.3 is 4.74 Å². The number of benzene rings is 1. The lowest BCUT2D eigenvalue weighted by Crippen LogP contribution is -2.13. The lowest BCUT2D eigenvalue weighted by Gasteiger charge is -2.04. The summed E-state index contributed by atoms with van der Waals surface area (Å²) in [4.78, 5) is 0. The summed E-state index contributed by atoms with van der Waals surface area (Å²) in [6, 6.07) is 8.27. The highest BCUT2D eigenvalue weighted by Crippen LogP contribution is 2.28. The quantitative estimate of drug-likeness (QED) is 0.556. The van der Waals surface area contributed by atoms with Gasteiger partial charge >= 0.3 is 0 Å². The van der Waals surface area contributed by atoms with Crippen molar-refractivity contribution >= 4 is 22.6 Å². The fourth-order valence-corrected chi connectivity index (χ4v) is 1.83. The minimum atomic E-state index is 0.410. The fraction of sp³-hybridized carbons (Fsp3) is 0.333. The van der Waals surface area contributed by atoms with Crippen molar-refractivity contribution in [2.24, 2.45) is 0 Å². The van der Waals surface area contributed by atoms with E-state index in [4.69, 9.17) is 4.74 Å². The normalized spacial score (nSPS) is 21.0. The Labute approximate surface area is 79.9 Å². The lowest BCUT2D eigenvalue weighted by atomic mass is 10.1. The molecule has 0 bridgehead atoms. The van der Waals surface area contributed by atoms with Gasteiger partial charge in [-0.15, -0.1) is 0 Å². The largest absolute Gasteiger partial charge is 0.489 e. The molecule has 0 radical (unpaired) electrons. The van der Waals surface area contributed by atoms with E-state index in [1.165, 1.54) is 5.56 Å². The summed E-state index contributed by atoms with van der Waals surface area (Å²) in [5, 5.41) is 0. The smallest absolute Gasteiger partial charge is 0.123 e. The molecule has 0 amide bonds. The standard InChI is InChI=1S/C9H9IO/c10-6-8-5-7-3-1-2-4-9(7)11-8/h1-4,8H,5-6H2/t8-/m0/s1. The van der Waals surface area contributed by atoms with Crippen LogP contribution >= 0.6 is 22.6 Å². The highest BCUT2D eigenvalue weighted by Gasteiger charge is 2.20. The molecule has 2 heteroatoms. The van der Waals surface area contributed by atoms with E-state index in [0.717, 1.165) is 16.6 Å². The van der Waals surface area contributed by atoms with E-state index in [9.17, 15) is 0 Å². The van der Waals surface area contributed by atoms with Crippen LogP contribution in [-0.2, 0) is 6.42 Å². The molecule has 1 nitrogen and oxygen atoms in total. The Kier molecular flexibility index (Phi) is 2.02. The summed E-state index contributed by atoms with van der Waals surface area (Å²) in [6.45, 7) is 0. The Balaban J connectivity index is 2.27. The summed E-state index contributed by atoms with van der Waals surface area (Å²) in [6.07, 6.45) is 1.49. The first-order chi connectivity index (χ1) is 5.40. The number of halogens is 1. The van der Waals surface area contributed by atoms with Crippen molar-refractivity contribution in [2.45, 2.75) is 12.5 Å². The Morgan fingerprint density at radius 1 is 1.45 bits per heavy atom. The molecule has 0 aliphatic carbocycles. The zero-order valence-electron chi connectivity index (χ0n) is 6.09. The monoisotopic (exact) mass is 260 g/mol. The number of alkyl halides is 1. The molecule has 0 unspecified atom stereocenters. The van der Waals surface area contributed by atoms with Crippen LogP contribution in [0, 0.1) is 0 Å². The molecule has 58 valence electrons. The summed E-state index contributed by atoms with van der Waals surface area (Å²) in [7, 11) is 0. The van der Waals surface area contributed by atoms with E-state index in [0.29, 0.717) is 6.10 Å². The molecule has 1 heterocycles. The van der Waals surface area contributed by atoms with Crippen LogP contribution in [0.4, 0.5) is 0 Å². The van der Waals surface area contributed by atoms with Gasteiger partial charge in [-0.05, 0) is 11.6 Å². The molecule has 0 fully saturated rings. The second kappa shape index (κ2) is 3.01. The van der Waals surface area contributed by atoms with Gasteiger partial charge in [0.15, 0.2) is 0 Å². The third-order valence-corrected chi connectivity index (χ3v) is 2.87. The summed E-state index contributed by atoms with van der Waals surface area (Å²) in [5.41, 5.74) is 1.36. The molecule has 0 spiro atoms. The van der Waals surface area contributed by atoms with Crippen molar-refractivity contribution in [3.63, 3.8) is 0 Å². The third-order valence-electron chi connectivity index (χ3n) is 1.89. The molecule has 1 aliphatic heterocycles. The minimum Gasteiger partial charge on any atom is -0.489 e. The molecule has 1 aromatic rings. The molecule has 2 rings (SSSR count). The molecule has 0 N–H and O–H groups in total. The number of hydrogen-bond acceptors (Lipinski definition) is 1. The SMILES string of the molecule is IC[C@@H]1Cc2ccccc2O1. The average Bonchev–Trinajstić information content (AvgIpc) is 2.46. The van der Waals surface area contributed by atoms with Crippen molar-refractivity contribution in [1.29, 1.82) is 0 Å². The van der Waals surface area contributed by atoms with Crippen LogP contribution in [0.3, 0.4) is 0 Å². The first-order valence-corrected chi connectivity index (χ1v) is 5.23. The van der Waals surface area contributed by atoms with Crippen LogP contribution in [0.15, 0.2) is 24.3 Å². The van der Waals surface area contributed by atoms with Crippen molar-refractivity contribution in [1.82, 2.24) is 0 Å².